The Morgan fingerprint density at radius 3 is 2.22 bits per heavy atom. The summed E-state index contributed by atoms with van der Waals surface area (Å²) in [4.78, 5) is 57.0. The maximum Gasteiger partial charge on any atom is 0.323 e. The van der Waals surface area contributed by atoms with Crippen molar-refractivity contribution in [3.05, 3.63) is 88.7 Å². The zero-order chi connectivity index (χ0) is 39.1. The van der Waals surface area contributed by atoms with Crippen LogP contribution in [-0.4, -0.2) is 105 Å². The van der Waals surface area contributed by atoms with Gasteiger partial charge in [-0.25, -0.2) is 4.79 Å². The Morgan fingerprint density at radius 1 is 0.907 bits per heavy atom. The molecule has 0 radical (unpaired) electrons. The van der Waals surface area contributed by atoms with Crippen molar-refractivity contribution in [3.8, 4) is 16.2 Å². The molecule has 6 unspecified atom stereocenters. The number of benzene rings is 3. The van der Waals surface area contributed by atoms with E-state index in [-0.39, 0.29) is 11.3 Å². The lowest BCUT2D eigenvalue weighted by atomic mass is 9.55. The number of carbonyl (C=O) groups is 4. The summed E-state index contributed by atoms with van der Waals surface area (Å²) in [5.74, 6) is -10.5. The molecular formula is C38H37N5O10S. The number of hydrogen-bond donors (Lipinski definition) is 9. The Morgan fingerprint density at radius 2 is 1.59 bits per heavy atom. The number of amides is 3. The lowest BCUT2D eigenvalue weighted by molar-refractivity contribution is -0.174. The topological polar surface area (TPSA) is 246 Å². The average Bonchev–Trinajstić information content (AvgIpc) is 3.54. The summed E-state index contributed by atoms with van der Waals surface area (Å²) in [6.07, 6.45) is -3.76. The van der Waals surface area contributed by atoms with Crippen molar-refractivity contribution < 1.29 is 49.8 Å². The number of aromatic hydroxyl groups is 1. The number of Topliss-reactive ketones (excluding diaryl/α,β-unsaturated/α-hetero) is 2. The molecule has 0 aliphatic heterocycles. The number of nitrogens with zero attached hydrogens (tertiary/aromatic N) is 2. The fourth-order valence-corrected chi connectivity index (χ4v) is 8.93. The molecule has 15 nitrogen and oxygen atoms in total. The third kappa shape index (κ3) is 5.41. The smallest absolute Gasteiger partial charge is 0.323 e. The van der Waals surface area contributed by atoms with Gasteiger partial charge in [-0.2, -0.15) is 0 Å². The van der Waals surface area contributed by atoms with Crippen molar-refractivity contribution in [2.75, 3.05) is 43.7 Å². The van der Waals surface area contributed by atoms with Gasteiger partial charge in [0, 0.05) is 46.5 Å². The number of fused-ring (bicyclic) bond motifs is 4. The van der Waals surface area contributed by atoms with Gasteiger partial charge in [0.15, 0.2) is 11.4 Å². The molecule has 3 aromatic carbocycles. The monoisotopic (exact) mass is 755 g/mol. The van der Waals surface area contributed by atoms with E-state index >= 15 is 0 Å². The van der Waals surface area contributed by atoms with Crippen LogP contribution in [0.2, 0.25) is 0 Å². The van der Waals surface area contributed by atoms with E-state index in [1.165, 1.54) is 31.1 Å². The minimum Gasteiger partial charge on any atom is -0.508 e. The van der Waals surface area contributed by atoms with Crippen LogP contribution >= 0.6 is 11.3 Å². The molecule has 54 heavy (non-hydrogen) atoms. The van der Waals surface area contributed by atoms with Crippen molar-refractivity contribution in [2.24, 2.45) is 17.6 Å². The number of aliphatic hydroxyl groups is 5. The number of anilines is 3. The lowest BCUT2D eigenvalue weighted by Crippen LogP contribution is -2.70. The van der Waals surface area contributed by atoms with Crippen molar-refractivity contribution in [3.63, 3.8) is 0 Å². The number of aliphatic hydroxyl groups excluding tert-OH is 4. The van der Waals surface area contributed by atoms with E-state index in [1.807, 2.05) is 37.2 Å². The molecule has 3 amide bonds. The maximum atomic E-state index is 14.1. The molecule has 1 heterocycles. The van der Waals surface area contributed by atoms with Crippen LogP contribution in [0, 0.1) is 11.8 Å². The molecule has 16 heteroatoms. The fourth-order valence-electron chi connectivity index (χ4n) is 7.83. The zero-order valence-corrected chi connectivity index (χ0v) is 30.2. The van der Waals surface area contributed by atoms with E-state index in [9.17, 15) is 49.8 Å². The molecule has 0 saturated heterocycles. The Bertz CT molecular complexity index is 2350. The van der Waals surface area contributed by atoms with E-state index < -0.39 is 93.2 Å². The first-order valence-electron chi connectivity index (χ1n) is 16.7. The van der Waals surface area contributed by atoms with Gasteiger partial charge in [-0.3, -0.25) is 19.3 Å². The number of ketones is 2. The number of hydrogen-bond acceptors (Lipinski definition) is 13. The van der Waals surface area contributed by atoms with Crippen LogP contribution in [0.25, 0.3) is 26.3 Å². The summed E-state index contributed by atoms with van der Waals surface area (Å²) in [6, 6.07) is 15.6. The van der Waals surface area contributed by atoms with Crippen LogP contribution in [0.1, 0.15) is 17.2 Å². The third-order valence-electron chi connectivity index (χ3n) is 10.5. The first-order chi connectivity index (χ1) is 25.5. The van der Waals surface area contributed by atoms with Gasteiger partial charge < -0.3 is 51.9 Å². The van der Waals surface area contributed by atoms with Crippen molar-refractivity contribution in [1.82, 2.24) is 4.90 Å². The number of thiophene rings is 1. The van der Waals surface area contributed by atoms with Crippen LogP contribution < -0.4 is 21.3 Å². The molecule has 1 saturated carbocycles. The lowest BCUT2D eigenvalue weighted by Gasteiger charge is -2.53. The van der Waals surface area contributed by atoms with E-state index in [2.05, 4.69) is 28.8 Å². The Labute approximate surface area is 311 Å². The quantitative estimate of drug-likeness (QED) is 0.102. The van der Waals surface area contributed by atoms with Gasteiger partial charge in [-0.15, -0.1) is 11.3 Å². The number of nitrogens with two attached hydrogens (primary N) is 1. The van der Waals surface area contributed by atoms with E-state index in [0.717, 1.165) is 26.2 Å². The number of likely N-dealkylation sites (N-methyl/N-ethyl adjacent to an activating group) is 1. The summed E-state index contributed by atoms with van der Waals surface area (Å²) in [7, 11) is 6.71. The van der Waals surface area contributed by atoms with E-state index in [1.54, 1.807) is 23.5 Å². The molecule has 280 valence electrons. The summed E-state index contributed by atoms with van der Waals surface area (Å²) in [5.41, 5.74) is 1.93. The number of urea groups is 1. The van der Waals surface area contributed by atoms with E-state index in [4.69, 9.17) is 5.73 Å². The minimum atomic E-state index is -3.14. The Balaban J connectivity index is 1.17. The second-order valence-corrected chi connectivity index (χ2v) is 15.1. The van der Waals surface area contributed by atoms with E-state index in [0.29, 0.717) is 5.69 Å². The first kappa shape index (κ1) is 36.6. The summed E-state index contributed by atoms with van der Waals surface area (Å²) < 4.78 is 1.13. The number of phenols is 1. The summed E-state index contributed by atoms with van der Waals surface area (Å²) in [6.45, 7) is 0. The Kier molecular flexibility index (Phi) is 8.78. The standard InChI is InChI=1S/C38H37N5O10S/c1-42(2)18-10-7-16-13-21(54-22(16)14-18)15-5-8-17(9-6-15)40-37(52)41-20-12-11-19-23(30(20)45)31(46)25-24(29(19)44)32(47)27-28(43(3)4)33(48)26(36(39)51)35(50)38(27,53)34(25)49/h5-14,24,27-29,32,44-47,50,53H,1-4H3,(H2,39,51)(H2,40,41,52). The van der Waals surface area contributed by atoms with Gasteiger partial charge in [-0.05, 0) is 67.0 Å². The molecule has 10 N–H and O–H groups in total. The average molecular weight is 756 g/mol. The molecule has 0 spiro atoms. The highest BCUT2D eigenvalue weighted by Gasteiger charge is 2.68. The third-order valence-corrected chi connectivity index (χ3v) is 11.6. The molecule has 3 aliphatic carbocycles. The van der Waals surface area contributed by atoms with Gasteiger partial charge in [0.25, 0.3) is 5.91 Å². The van der Waals surface area contributed by atoms with Crippen LogP contribution in [0.4, 0.5) is 21.9 Å². The van der Waals surface area contributed by atoms with Gasteiger partial charge in [0.2, 0.25) is 5.78 Å². The highest BCUT2D eigenvalue weighted by molar-refractivity contribution is 7.22. The van der Waals surface area contributed by atoms with Gasteiger partial charge >= 0.3 is 6.03 Å². The number of nitrogens with one attached hydrogen (secondary N) is 2. The fraction of sp³-hybridized carbons (Fsp3) is 0.263. The molecule has 3 aliphatic rings. The minimum absolute atomic E-state index is 0.141. The predicted molar refractivity (Wildman–Crippen MR) is 201 cm³/mol. The number of rotatable bonds is 6. The molecule has 1 aromatic heterocycles. The zero-order valence-electron chi connectivity index (χ0n) is 29.4. The van der Waals surface area contributed by atoms with Gasteiger partial charge in [-0.1, -0.05) is 24.3 Å². The largest absolute Gasteiger partial charge is 0.508 e. The maximum absolute atomic E-state index is 14.1. The van der Waals surface area contributed by atoms with Crippen LogP contribution in [0.5, 0.6) is 5.75 Å². The van der Waals surface area contributed by atoms with Crippen LogP contribution in [0.3, 0.4) is 0 Å². The molecule has 6 atom stereocenters. The number of carbonyl (C=O) groups excluding carboxylic acids is 4. The Hall–Kier alpha value is -5.78. The summed E-state index contributed by atoms with van der Waals surface area (Å²) in [5, 5.41) is 75.0. The SMILES string of the molecule is CN(C)c1ccc2cc(-c3ccc(NC(=O)Nc4ccc5c(c4O)C(O)=C4C(=O)C6(O)C(O)=C(C(N)=O)C(=O)C(N(C)C)C6C(O)C4C5O)cc3)sc2c1. The summed E-state index contributed by atoms with van der Waals surface area (Å²) >= 11 is 1.64. The number of primary amides is 1. The molecule has 0 bridgehead atoms. The normalized spacial score (nSPS) is 25.0. The van der Waals surface area contributed by atoms with Gasteiger partial charge in [0.1, 0.15) is 22.8 Å². The van der Waals surface area contributed by atoms with Crippen molar-refractivity contribution >= 4 is 67.7 Å². The van der Waals surface area contributed by atoms with Gasteiger partial charge in [0.05, 0.1) is 35.4 Å². The highest BCUT2D eigenvalue weighted by Crippen LogP contribution is 2.56. The van der Waals surface area contributed by atoms with Crippen LogP contribution in [0.15, 0.2) is 77.6 Å². The number of phenolic OH excluding ortho intramolecular Hbond substituents is 1. The van der Waals surface area contributed by atoms with Crippen LogP contribution in [-0.2, 0) is 14.4 Å². The second-order valence-electron chi connectivity index (χ2n) is 14.0. The molecule has 1 fully saturated rings. The first-order valence-corrected chi connectivity index (χ1v) is 17.5. The molecule has 7 rings (SSSR count). The predicted octanol–water partition coefficient (Wildman–Crippen LogP) is 3.02. The molecular weight excluding hydrogens is 719 g/mol. The second kappa shape index (κ2) is 13.0. The highest BCUT2D eigenvalue weighted by atomic mass is 32.1. The van der Waals surface area contributed by atoms with Crippen molar-refractivity contribution in [2.45, 2.75) is 23.9 Å². The molecule has 4 aromatic rings. The van der Waals surface area contributed by atoms with Crippen molar-refractivity contribution in [1.29, 1.82) is 0 Å².